The van der Waals surface area contributed by atoms with Gasteiger partial charge in [-0.25, -0.2) is 9.78 Å². The molecule has 4 aromatic rings. The summed E-state index contributed by atoms with van der Waals surface area (Å²) in [6, 6.07) is 19.9. The van der Waals surface area contributed by atoms with E-state index < -0.39 is 11.8 Å². The van der Waals surface area contributed by atoms with Crippen LogP contribution < -0.4 is 14.2 Å². The molecule has 3 aromatic carbocycles. The molecule has 0 unspecified atom stereocenters. The van der Waals surface area contributed by atoms with Gasteiger partial charge in [0.05, 0.1) is 19.3 Å². The van der Waals surface area contributed by atoms with E-state index in [4.69, 9.17) is 14.2 Å². The standard InChI is InChI=1S/C27H24N2O6/c1-3-33-19-14-15-21-23(16-19)29(32)25(26(30)18-10-6-5-7-11-18)22(28-21)17-35-27(31)20-12-8-9-13-24(20)34-4-2/h5-16H,3-4,17H2,1-2H3. The highest BCUT2D eigenvalue weighted by Gasteiger charge is 2.28. The Hall–Kier alpha value is -4.46. The third-order valence-electron chi connectivity index (χ3n) is 5.21. The molecule has 0 aliphatic carbocycles. The van der Waals surface area contributed by atoms with E-state index in [1.807, 2.05) is 13.8 Å². The summed E-state index contributed by atoms with van der Waals surface area (Å²) in [5, 5.41) is 13.4. The number of hydrogen-bond donors (Lipinski definition) is 0. The third kappa shape index (κ3) is 5.06. The van der Waals surface area contributed by atoms with Crippen LogP contribution in [0.4, 0.5) is 0 Å². The summed E-state index contributed by atoms with van der Waals surface area (Å²) < 4.78 is 17.0. The van der Waals surface area contributed by atoms with E-state index in [1.165, 1.54) is 6.07 Å². The van der Waals surface area contributed by atoms with Crippen molar-refractivity contribution in [1.82, 2.24) is 4.98 Å². The van der Waals surface area contributed by atoms with Gasteiger partial charge in [-0.05, 0) is 38.1 Å². The molecule has 0 saturated carbocycles. The summed E-state index contributed by atoms with van der Waals surface area (Å²) in [6.07, 6.45) is 0. The second-order valence-electron chi connectivity index (χ2n) is 7.49. The van der Waals surface area contributed by atoms with E-state index in [0.717, 1.165) is 0 Å². The van der Waals surface area contributed by atoms with Crippen molar-refractivity contribution in [3.05, 3.63) is 101 Å². The van der Waals surface area contributed by atoms with Crippen LogP contribution in [0.1, 0.15) is 46.0 Å². The summed E-state index contributed by atoms with van der Waals surface area (Å²) >= 11 is 0. The molecule has 178 valence electrons. The highest BCUT2D eigenvalue weighted by molar-refractivity contribution is 6.07. The second kappa shape index (κ2) is 10.6. The number of aromatic nitrogens is 2. The largest absolute Gasteiger partial charge is 0.618 e. The average molecular weight is 472 g/mol. The summed E-state index contributed by atoms with van der Waals surface area (Å²) in [6.45, 7) is 4.07. The van der Waals surface area contributed by atoms with Gasteiger partial charge in [0, 0.05) is 5.56 Å². The van der Waals surface area contributed by atoms with Gasteiger partial charge in [-0.1, -0.05) is 42.5 Å². The van der Waals surface area contributed by atoms with Crippen LogP contribution in [-0.4, -0.2) is 30.0 Å². The van der Waals surface area contributed by atoms with E-state index in [-0.39, 0.29) is 29.1 Å². The molecule has 0 amide bonds. The molecule has 0 aliphatic heterocycles. The minimum atomic E-state index is -0.654. The van der Waals surface area contributed by atoms with Crippen LogP contribution in [-0.2, 0) is 11.3 Å². The van der Waals surface area contributed by atoms with E-state index in [1.54, 1.807) is 66.7 Å². The lowest BCUT2D eigenvalue weighted by Gasteiger charge is -2.13. The Morgan fingerprint density at radius 3 is 2.37 bits per heavy atom. The number of fused-ring (bicyclic) bond motifs is 1. The fourth-order valence-electron chi connectivity index (χ4n) is 3.63. The Morgan fingerprint density at radius 2 is 1.63 bits per heavy atom. The van der Waals surface area contributed by atoms with Crippen LogP contribution in [0.2, 0.25) is 0 Å². The van der Waals surface area contributed by atoms with Crippen LogP contribution in [0, 0.1) is 5.21 Å². The third-order valence-corrected chi connectivity index (χ3v) is 5.21. The molecule has 0 radical (unpaired) electrons. The number of esters is 1. The number of nitrogens with zero attached hydrogens (tertiary/aromatic N) is 2. The van der Waals surface area contributed by atoms with Gasteiger partial charge in [-0.3, -0.25) is 4.79 Å². The van der Waals surface area contributed by atoms with Crippen LogP contribution in [0.5, 0.6) is 11.5 Å². The molecule has 0 saturated heterocycles. The zero-order valence-corrected chi connectivity index (χ0v) is 19.4. The van der Waals surface area contributed by atoms with E-state index in [9.17, 15) is 14.8 Å². The van der Waals surface area contributed by atoms with Crippen LogP contribution in [0.3, 0.4) is 0 Å². The fraction of sp³-hybridized carbons (Fsp3) is 0.185. The predicted molar refractivity (Wildman–Crippen MR) is 128 cm³/mol. The maximum atomic E-state index is 13.4. The van der Waals surface area contributed by atoms with Gasteiger partial charge in [0.15, 0.2) is 5.69 Å². The zero-order chi connectivity index (χ0) is 24.8. The van der Waals surface area contributed by atoms with Gasteiger partial charge < -0.3 is 19.4 Å². The minimum Gasteiger partial charge on any atom is -0.618 e. The first-order valence-corrected chi connectivity index (χ1v) is 11.2. The Morgan fingerprint density at radius 1 is 0.914 bits per heavy atom. The maximum absolute atomic E-state index is 13.4. The van der Waals surface area contributed by atoms with Gasteiger partial charge >= 0.3 is 5.97 Å². The average Bonchev–Trinajstić information content (AvgIpc) is 2.88. The lowest BCUT2D eigenvalue weighted by atomic mass is 10.1. The summed E-state index contributed by atoms with van der Waals surface area (Å²) in [5.74, 6) is -0.318. The van der Waals surface area contributed by atoms with Crippen LogP contribution >= 0.6 is 0 Å². The minimum absolute atomic E-state index is 0.0488. The molecule has 8 heteroatoms. The van der Waals surface area contributed by atoms with Crippen molar-refractivity contribution < 1.29 is 28.5 Å². The molecular formula is C27H24N2O6. The molecule has 1 aromatic heterocycles. The van der Waals surface area contributed by atoms with Gasteiger partial charge in [-0.15, -0.1) is 0 Å². The smallest absolute Gasteiger partial charge is 0.342 e. The quantitative estimate of drug-likeness (QED) is 0.155. The number of carbonyl (C=O) groups excluding carboxylic acids is 2. The predicted octanol–water partition coefficient (Wildman–Crippen LogP) is 4.25. The van der Waals surface area contributed by atoms with Crippen molar-refractivity contribution in [2.75, 3.05) is 13.2 Å². The number of hydrogen-bond acceptors (Lipinski definition) is 7. The van der Waals surface area contributed by atoms with Crippen LogP contribution in [0.15, 0.2) is 72.8 Å². The Bertz CT molecular complexity index is 1370. The molecule has 1 heterocycles. The van der Waals surface area contributed by atoms with Crippen molar-refractivity contribution >= 4 is 22.8 Å². The normalized spacial score (nSPS) is 10.7. The lowest BCUT2D eigenvalue weighted by molar-refractivity contribution is -0.580. The first kappa shape index (κ1) is 23.7. The lowest BCUT2D eigenvalue weighted by Crippen LogP contribution is -2.38. The molecule has 0 bridgehead atoms. The monoisotopic (exact) mass is 472 g/mol. The highest BCUT2D eigenvalue weighted by atomic mass is 16.5. The maximum Gasteiger partial charge on any atom is 0.342 e. The molecule has 0 spiro atoms. The first-order chi connectivity index (χ1) is 17.0. The van der Waals surface area contributed by atoms with Gasteiger partial charge in [0.2, 0.25) is 5.52 Å². The number of ether oxygens (including phenoxy) is 3. The summed E-state index contributed by atoms with van der Waals surface area (Å²) in [4.78, 5) is 30.7. The highest BCUT2D eigenvalue weighted by Crippen LogP contribution is 2.22. The van der Waals surface area contributed by atoms with Gasteiger partial charge in [0.25, 0.3) is 11.5 Å². The molecule has 35 heavy (non-hydrogen) atoms. The molecule has 4 rings (SSSR count). The number of carbonyl (C=O) groups is 2. The number of rotatable bonds is 9. The molecular weight excluding hydrogens is 448 g/mol. The van der Waals surface area contributed by atoms with Crippen LogP contribution in [0.25, 0.3) is 11.0 Å². The molecule has 0 atom stereocenters. The van der Waals surface area contributed by atoms with E-state index in [2.05, 4.69) is 4.98 Å². The van der Waals surface area contributed by atoms with Gasteiger partial charge in [0.1, 0.15) is 29.2 Å². The van der Waals surface area contributed by atoms with Crippen molar-refractivity contribution in [3.8, 4) is 11.5 Å². The van der Waals surface area contributed by atoms with E-state index >= 15 is 0 Å². The Labute approximate surface area is 202 Å². The van der Waals surface area contributed by atoms with E-state index in [0.29, 0.717) is 40.5 Å². The van der Waals surface area contributed by atoms with Crippen molar-refractivity contribution in [2.45, 2.75) is 20.5 Å². The van der Waals surface area contributed by atoms with Crippen molar-refractivity contribution in [2.24, 2.45) is 0 Å². The molecule has 0 fully saturated rings. The summed E-state index contributed by atoms with van der Waals surface area (Å²) in [7, 11) is 0. The second-order valence-corrected chi connectivity index (χ2v) is 7.49. The number of ketones is 1. The number of benzene rings is 3. The Balaban J connectivity index is 1.75. The first-order valence-electron chi connectivity index (χ1n) is 11.2. The summed E-state index contributed by atoms with van der Waals surface area (Å²) in [5.41, 5.74) is 0.896. The van der Waals surface area contributed by atoms with Crippen molar-refractivity contribution in [3.63, 3.8) is 0 Å². The van der Waals surface area contributed by atoms with Gasteiger partial charge in [-0.2, -0.15) is 4.73 Å². The molecule has 0 aliphatic rings. The fourth-order valence-corrected chi connectivity index (χ4v) is 3.63. The SMILES string of the molecule is CCOc1ccc2nc(COC(=O)c3ccccc3OCC)c(C(=O)c3ccccc3)[n+]([O-])c2c1. The topological polar surface area (TPSA) is 102 Å². The van der Waals surface area contributed by atoms with Crippen molar-refractivity contribution in [1.29, 1.82) is 0 Å². The zero-order valence-electron chi connectivity index (χ0n) is 19.4. The number of para-hydroxylation sites is 1. The molecule has 8 nitrogen and oxygen atoms in total. The molecule has 0 N–H and O–H groups in total. The Kier molecular flexibility index (Phi) is 7.21.